The van der Waals surface area contributed by atoms with E-state index in [2.05, 4.69) is 21.2 Å². The van der Waals surface area contributed by atoms with Gasteiger partial charge in [-0.25, -0.2) is 9.82 Å². The molecule has 0 unspecified atom stereocenters. The fourth-order valence-corrected chi connectivity index (χ4v) is 2.73. The lowest BCUT2D eigenvalue weighted by atomic mass is 10.2. The Morgan fingerprint density at radius 2 is 1.61 bits per heavy atom. The van der Waals surface area contributed by atoms with Crippen molar-refractivity contribution in [2.24, 2.45) is 5.10 Å². The molecular weight excluding hydrogens is 451 g/mol. The molecule has 33 heavy (non-hydrogen) atoms. The Balaban J connectivity index is 1.53. The van der Waals surface area contributed by atoms with Gasteiger partial charge >= 0.3 is 11.8 Å². The number of rotatable bonds is 7. The Kier molecular flexibility index (Phi) is 8.09. The maximum Gasteiger partial charge on any atom is 0.329 e. The van der Waals surface area contributed by atoms with Gasteiger partial charge in [-0.2, -0.15) is 5.10 Å². The first-order valence-corrected chi connectivity index (χ1v) is 9.96. The van der Waals surface area contributed by atoms with E-state index in [1.165, 1.54) is 30.5 Å². The quantitative estimate of drug-likeness (QED) is 0.280. The summed E-state index contributed by atoms with van der Waals surface area (Å²) in [7, 11) is 0. The minimum Gasteiger partial charge on any atom is -0.483 e. The summed E-state index contributed by atoms with van der Waals surface area (Å²) in [6.45, 7) is -0.311. The lowest BCUT2D eigenvalue weighted by molar-refractivity contribution is -0.136. The summed E-state index contributed by atoms with van der Waals surface area (Å²) in [5.41, 5.74) is 3.29. The van der Waals surface area contributed by atoms with E-state index < -0.39 is 23.5 Å². The van der Waals surface area contributed by atoms with Crippen molar-refractivity contribution in [1.82, 2.24) is 5.43 Å². The fraction of sp³-hybridized carbons (Fsp3) is 0.0435. The molecule has 8 nitrogen and oxygen atoms in total. The minimum absolute atomic E-state index is 0.289. The van der Waals surface area contributed by atoms with Gasteiger partial charge in [0.25, 0.3) is 5.91 Å². The van der Waals surface area contributed by atoms with Gasteiger partial charge < -0.3 is 15.4 Å². The van der Waals surface area contributed by atoms with Gasteiger partial charge in [-0.05, 0) is 48.5 Å². The molecule has 0 aliphatic rings. The number of hydrogen-bond acceptors (Lipinski definition) is 5. The molecule has 0 aromatic heterocycles. The Labute approximate surface area is 193 Å². The van der Waals surface area contributed by atoms with Crippen molar-refractivity contribution in [3.63, 3.8) is 0 Å². The van der Waals surface area contributed by atoms with E-state index in [4.69, 9.17) is 16.3 Å². The van der Waals surface area contributed by atoms with Crippen LogP contribution in [0.1, 0.15) is 5.56 Å². The van der Waals surface area contributed by atoms with E-state index >= 15 is 0 Å². The molecule has 0 bridgehead atoms. The smallest absolute Gasteiger partial charge is 0.329 e. The number of carbonyl (C=O) groups is 3. The van der Waals surface area contributed by atoms with Crippen LogP contribution in [0.2, 0.25) is 5.02 Å². The summed E-state index contributed by atoms with van der Waals surface area (Å²) < 4.78 is 18.5. The number of halogens is 2. The zero-order valence-corrected chi connectivity index (χ0v) is 17.8. The summed E-state index contributed by atoms with van der Waals surface area (Å²) in [6, 6.07) is 18.4. The third-order valence-corrected chi connectivity index (χ3v) is 4.43. The molecule has 0 saturated heterocycles. The third kappa shape index (κ3) is 7.15. The third-order valence-electron chi connectivity index (χ3n) is 4.10. The Hall–Kier alpha value is -4.24. The predicted octanol–water partition coefficient (Wildman–Crippen LogP) is 3.59. The number of anilines is 2. The molecule has 0 saturated carbocycles. The lowest BCUT2D eigenvalue weighted by Crippen LogP contribution is -2.32. The second kappa shape index (κ2) is 11.4. The Morgan fingerprint density at radius 1 is 0.909 bits per heavy atom. The molecule has 10 heteroatoms. The summed E-state index contributed by atoms with van der Waals surface area (Å²) in [5.74, 6) is -2.47. The molecule has 3 N–H and O–H groups in total. The first-order chi connectivity index (χ1) is 15.9. The normalized spacial score (nSPS) is 10.5. The number of nitrogens with zero attached hydrogens (tertiary/aromatic N) is 1. The van der Waals surface area contributed by atoms with E-state index in [0.29, 0.717) is 22.7 Å². The summed E-state index contributed by atoms with van der Waals surface area (Å²) in [5, 5.41) is 9.00. The minimum atomic E-state index is -0.997. The standard InChI is InChI=1S/C23H18ClFN4O4/c24-18-6-2-3-7-19(18)28-22(31)23(32)29-26-13-15-5-1-4-8-20(15)33-14-21(30)27-17-11-9-16(25)10-12-17/h1-13H,14H2,(H,27,30)(H,28,31)(H,29,32)/b26-13-. The van der Waals surface area contributed by atoms with Gasteiger partial charge in [0.1, 0.15) is 11.6 Å². The van der Waals surface area contributed by atoms with Gasteiger partial charge in [0.05, 0.1) is 16.9 Å². The van der Waals surface area contributed by atoms with Crippen LogP contribution in [0.25, 0.3) is 0 Å². The van der Waals surface area contributed by atoms with Crippen molar-refractivity contribution in [2.45, 2.75) is 0 Å². The van der Waals surface area contributed by atoms with Crippen molar-refractivity contribution in [3.05, 3.63) is 89.2 Å². The molecule has 0 aliphatic heterocycles. The van der Waals surface area contributed by atoms with Crippen LogP contribution >= 0.6 is 11.6 Å². The van der Waals surface area contributed by atoms with Crippen molar-refractivity contribution in [2.75, 3.05) is 17.2 Å². The lowest BCUT2D eigenvalue weighted by Gasteiger charge is -2.09. The van der Waals surface area contributed by atoms with Crippen molar-refractivity contribution in [3.8, 4) is 5.75 Å². The van der Waals surface area contributed by atoms with Gasteiger partial charge in [0.15, 0.2) is 6.61 Å². The summed E-state index contributed by atoms with van der Waals surface area (Å²) in [4.78, 5) is 36.0. The van der Waals surface area contributed by atoms with E-state index in [1.54, 1.807) is 48.5 Å². The topological polar surface area (TPSA) is 109 Å². The average Bonchev–Trinajstić information content (AvgIpc) is 2.81. The van der Waals surface area contributed by atoms with E-state index in [9.17, 15) is 18.8 Å². The fourth-order valence-electron chi connectivity index (χ4n) is 2.55. The second-order valence-electron chi connectivity index (χ2n) is 6.51. The van der Waals surface area contributed by atoms with Crippen LogP contribution in [0, 0.1) is 5.82 Å². The monoisotopic (exact) mass is 468 g/mol. The number of para-hydroxylation sites is 2. The van der Waals surface area contributed by atoms with Crippen LogP contribution in [0.3, 0.4) is 0 Å². The van der Waals surface area contributed by atoms with Crippen LogP contribution in [0.4, 0.5) is 15.8 Å². The van der Waals surface area contributed by atoms with Crippen molar-refractivity contribution in [1.29, 1.82) is 0 Å². The number of nitrogens with one attached hydrogen (secondary N) is 3. The maximum atomic E-state index is 12.9. The molecule has 3 aromatic carbocycles. The predicted molar refractivity (Wildman–Crippen MR) is 123 cm³/mol. The number of hydrazone groups is 1. The number of hydrogen-bond donors (Lipinski definition) is 3. The van der Waals surface area contributed by atoms with E-state index in [0.717, 1.165) is 0 Å². The molecule has 0 aliphatic carbocycles. The van der Waals surface area contributed by atoms with Crippen LogP contribution in [-0.4, -0.2) is 30.5 Å². The first-order valence-electron chi connectivity index (χ1n) is 9.58. The van der Waals surface area contributed by atoms with E-state index in [1.807, 2.05) is 0 Å². The Bertz CT molecular complexity index is 1190. The second-order valence-corrected chi connectivity index (χ2v) is 6.92. The summed E-state index contributed by atoms with van der Waals surface area (Å²) >= 11 is 5.94. The highest BCUT2D eigenvalue weighted by Crippen LogP contribution is 2.20. The Morgan fingerprint density at radius 3 is 2.36 bits per heavy atom. The van der Waals surface area contributed by atoms with Gasteiger partial charge in [-0.3, -0.25) is 14.4 Å². The SMILES string of the molecule is O=C(COc1ccccc1/C=N\NC(=O)C(=O)Nc1ccccc1Cl)Nc1ccc(F)cc1. The van der Waals surface area contributed by atoms with Gasteiger partial charge in [0, 0.05) is 11.3 Å². The molecular formula is C23H18ClFN4O4. The number of carbonyl (C=O) groups excluding carboxylic acids is 3. The first kappa shape index (κ1) is 23.4. The highest BCUT2D eigenvalue weighted by Gasteiger charge is 2.14. The van der Waals surface area contributed by atoms with Crippen LogP contribution < -0.4 is 20.8 Å². The highest BCUT2D eigenvalue weighted by atomic mass is 35.5. The molecule has 3 aromatic rings. The largest absolute Gasteiger partial charge is 0.483 e. The molecule has 3 amide bonds. The van der Waals surface area contributed by atoms with Crippen LogP contribution in [0.15, 0.2) is 77.9 Å². The molecule has 0 heterocycles. The van der Waals surface area contributed by atoms with E-state index in [-0.39, 0.29) is 11.6 Å². The molecule has 168 valence electrons. The zero-order valence-electron chi connectivity index (χ0n) is 17.0. The average molecular weight is 469 g/mol. The molecule has 0 fully saturated rings. The van der Waals surface area contributed by atoms with Crippen LogP contribution in [0.5, 0.6) is 5.75 Å². The maximum absolute atomic E-state index is 12.9. The number of amides is 3. The van der Waals surface area contributed by atoms with Gasteiger partial charge in [-0.15, -0.1) is 0 Å². The van der Waals surface area contributed by atoms with Crippen molar-refractivity contribution < 1.29 is 23.5 Å². The zero-order chi connectivity index (χ0) is 23.6. The van der Waals surface area contributed by atoms with Gasteiger partial charge in [-0.1, -0.05) is 35.9 Å². The highest BCUT2D eigenvalue weighted by molar-refractivity contribution is 6.41. The van der Waals surface area contributed by atoms with Gasteiger partial charge in [0.2, 0.25) is 0 Å². The molecule has 3 rings (SSSR count). The summed E-state index contributed by atoms with van der Waals surface area (Å²) in [6.07, 6.45) is 1.27. The molecule has 0 radical (unpaired) electrons. The van der Waals surface area contributed by atoms with Crippen molar-refractivity contribution >= 4 is 46.9 Å². The number of benzene rings is 3. The molecule has 0 atom stereocenters. The number of ether oxygens (including phenoxy) is 1. The molecule has 0 spiro atoms. The van der Waals surface area contributed by atoms with Crippen LogP contribution in [-0.2, 0) is 14.4 Å².